The molecule has 3 rings (SSSR count). The zero-order chi connectivity index (χ0) is 18.2. The molecule has 0 saturated carbocycles. The number of nitrogens with zero attached hydrogens (tertiary/aromatic N) is 3. The zero-order valence-corrected chi connectivity index (χ0v) is 15.9. The summed E-state index contributed by atoms with van der Waals surface area (Å²) < 4.78 is 5.77. The van der Waals surface area contributed by atoms with Crippen molar-refractivity contribution < 1.29 is 9.53 Å². The first kappa shape index (κ1) is 18.1. The molecule has 0 N–H and O–H groups in total. The molecule has 2 aliphatic heterocycles. The molecule has 0 aliphatic carbocycles. The third kappa shape index (κ3) is 3.22. The van der Waals surface area contributed by atoms with Crippen molar-refractivity contribution in [3.63, 3.8) is 0 Å². The molecule has 5 heteroatoms. The Bertz CT molecular complexity index is 653. The van der Waals surface area contributed by atoms with Gasteiger partial charge < -0.3 is 4.74 Å². The number of benzene rings is 1. The second-order valence-electron chi connectivity index (χ2n) is 8.24. The Labute approximate surface area is 150 Å². The first-order valence-corrected chi connectivity index (χ1v) is 9.18. The van der Waals surface area contributed by atoms with Gasteiger partial charge in [-0.15, -0.1) is 0 Å². The van der Waals surface area contributed by atoms with Crippen molar-refractivity contribution >= 4 is 5.97 Å². The molecule has 0 aromatic heterocycles. The Morgan fingerprint density at radius 1 is 1.32 bits per heavy atom. The molecule has 1 saturated heterocycles. The molecular formula is C20H29N3O2. The highest BCUT2D eigenvalue weighted by Crippen LogP contribution is 2.44. The van der Waals surface area contributed by atoms with E-state index in [1.807, 2.05) is 26.8 Å². The summed E-state index contributed by atoms with van der Waals surface area (Å²) in [6, 6.07) is 10.6. The lowest BCUT2D eigenvalue weighted by Crippen LogP contribution is -2.63. The number of carbonyl (C=O) groups is 1. The number of piperidine rings is 1. The van der Waals surface area contributed by atoms with Gasteiger partial charge in [-0.05, 0) is 53.1 Å². The number of azo groups is 1. The van der Waals surface area contributed by atoms with Crippen LogP contribution in [-0.4, -0.2) is 41.1 Å². The number of hydrogen-bond acceptors (Lipinski definition) is 5. The van der Waals surface area contributed by atoms with E-state index in [2.05, 4.69) is 53.2 Å². The highest BCUT2D eigenvalue weighted by atomic mass is 16.6. The van der Waals surface area contributed by atoms with E-state index in [4.69, 9.17) is 4.74 Å². The van der Waals surface area contributed by atoms with E-state index in [-0.39, 0.29) is 24.0 Å². The van der Waals surface area contributed by atoms with Gasteiger partial charge in [0, 0.05) is 18.0 Å². The third-order valence-corrected chi connectivity index (χ3v) is 5.54. The topological polar surface area (TPSA) is 54.3 Å². The van der Waals surface area contributed by atoms with Gasteiger partial charge >= 0.3 is 5.97 Å². The number of carbonyl (C=O) groups excluding carboxylic acids is 1. The van der Waals surface area contributed by atoms with Crippen molar-refractivity contribution in [2.75, 3.05) is 13.1 Å². The third-order valence-electron chi connectivity index (χ3n) is 5.54. The Morgan fingerprint density at radius 3 is 2.64 bits per heavy atom. The van der Waals surface area contributed by atoms with Crippen LogP contribution < -0.4 is 0 Å². The lowest BCUT2D eigenvalue weighted by molar-refractivity contribution is -0.169. The summed E-state index contributed by atoms with van der Waals surface area (Å²) in [6.07, 6.45) is 0.910. The molecule has 0 radical (unpaired) electrons. The van der Waals surface area contributed by atoms with E-state index >= 15 is 0 Å². The summed E-state index contributed by atoms with van der Waals surface area (Å²) in [5.74, 6) is -0.0970. The van der Waals surface area contributed by atoms with Gasteiger partial charge in [0.25, 0.3) is 0 Å². The molecule has 25 heavy (non-hydrogen) atoms. The van der Waals surface area contributed by atoms with Crippen LogP contribution in [0, 0.1) is 5.92 Å². The predicted octanol–water partition coefficient (Wildman–Crippen LogP) is 4.00. The van der Waals surface area contributed by atoms with E-state index < -0.39 is 11.1 Å². The van der Waals surface area contributed by atoms with Gasteiger partial charge in [0.15, 0.2) is 5.54 Å². The maximum Gasteiger partial charge on any atom is 0.338 e. The van der Waals surface area contributed by atoms with Gasteiger partial charge in [0.05, 0.1) is 6.54 Å². The van der Waals surface area contributed by atoms with Crippen molar-refractivity contribution in [1.29, 1.82) is 0 Å². The molecular weight excluding hydrogens is 314 g/mol. The van der Waals surface area contributed by atoms with Gasteiger partial charge in [-0.1, -0.05) is 30.3 Å². The highest BCUT2D eigenvalue weighted by molar-refractivity contribution is 5.83. The molecule has 1 fully saturated rings. The normalized spacial score (nSPS) is 30.8. The van der Waals surface area contributed by atoms with Crippen LogP contribution in [0.2, 0.25) is 0 Å². The Kier molecular flexibility index (Phi) is 4.71. The number of likely N-dealkylation sites (tertiary alicyclic amines) is 1. The van der Waals surface area contributed by atoms with Crippen molar-refractivity contribution in [2.45, 2.75) is 64.3 Å². The van der Waals surface area contributed by atoms with Gasteiger partial charge in [-0.3, -0.25) is 4.90 Å². The summed E-state index contributed by atoms with van der Waals surface area (Å²) in [6.45, 7) is 11.6. The number of esters is 1. The van der Waals surface area contributed by atoms with Crippen LogP contribution in [-0.2, 0) is 9.53 Å². The summed E-state index contributed by atoms with van der Waals surface area (Å²) in [5, 5.41) is 8.75. The Hall–Kier alpha value is -1.75. The van der Waals surface area contributed by atoms with Crippen LogP contribution in [0.25, 0.3) is 0 Å². The molecule has 5 nitrogen and oxygen atoms in total. The Morgan fingerprint density at radius 2 is 2.00 bits per heavy atom. The molecule has 4 atom stereocenters. The molecule has 136 valence electrons. The first-order chi connectivity index (χ1) is 11.8. The molecule has 2 heterocycles. The minimum atomic E-state index is -0.880. The maximum absolute atomic E-state index is 13.1. The van der Waals surface area contributed by atoms with Gasteiger partial charge in [-0.2, -0.15) is 10.2 Å². The van der Waals surface area contributed by atoms with Gasteiger partial charge in [0.2, 0.25) is 0 Å². The van der Waals surface area contributed by atoms with Crippen LogP contribution in [0.3, 0.4) is 0 Å². The average molecular weight is 343 g/mol. The summed E-state index contributed by atoms with van der Waals surface area (Å²) in [4.78, 5) is 15.5. The predicted molar refractivity (Wildman–Crippen MR) is 97.4 cm³/mol. The second kappa shape index (κ2) is 6.52. The quantitative estimate of drug-likeness (QED) is 0.779. The van der Waals surface area contributed by atoms with Crippen LogP contribution >= 0.6 is 0 Å². The fourth-order valence-electron chi connectivity index (χ4n) is 4.15. The number of ether oxygens (including phenoxy) is 1. The highest BCUT2D eigenvalue weighted by Gasteiger charge is 2.59. The molecule has 0 spiro atoms. The first-order valence-electron chi connectivity index (χ1n) is 9.18. The van der Waals surface area contributed by atoms with E-state index in [9.17, 15) is 4.79 Å². The summed E-state index contributed by atoms with van der Waals surface area (Å²) in [5.41, 5.74) is -0.155. The monoisotopic (exact) mass is 343 g/mol. The zero-order valence-electron chi connectivity index (χ0n) is 15.9. The lowest BCUT2D eigenvalue weighted by atomic mass is 9.73. The minimum Gasteiger partial charge on any atom is -0.458 e. The fourth-order valence-corrected chi connectivity index (χ4v) is 4.15. The summed E-state index contributed by atoms with van der Waals surface area (Å²) in [7, 11) is 0. The number of rotatable bonds is 3. The molecule has 0 unspecified atom stereocenters. The second-order valence-corrected chi connectivity index (χ2v) is 8.24. The molecule has 1 aromatic rings. The molecule has 1 aromatic carbocycles. The van der Waals surface area contributed by atoms with Crippen LogP contribution in [0.15, 0.2) is 40.6 Å². The largest absolute Gasteiger partial charge is 0.458 e. The van der Waals surface area contributed by atoms with Crippen molar-refractivity contribution in [2.24, 2.45) is 16.1 Å². The molecule has 2 aliphatic rings. The SMILES string of the molecule is C[C@H](c1ccccc1)N1CC[C@H]2CN=N[C@@]2(C(=O)OC(C)(C)C)[C@H]1C. The molecule has 0 amide bonds. The van der Waals surface area contributed by atoms with Crippen molar-refractivity contribution in [3.8, 4) is 0 Å². The fraction of sp³-hybridized carbons (Fsp3) is 0.650. The van der Waals surface area contributed by atoms with Crippen molar-refractivity contribution in [3.05, 3.63) is 35.9 Å². The van der Waals surface area contributed by atoms with Crippen LogP contribution in [0.5, 0.6) is 0 Å². The maximum atomic E-state index is 13.1. The van der Waals surface area contributed by atoms with E-state index in [1.165, 1.54) is 5.56 Å². The summed E-state index contributed by atoms with van der Waals surface area (Å²) >= 11 is 0. The van der Waals surface area contributed by atoms with Crippen molar-refractivity contribution in [1.82, 2.24) is 4.90 Å². The minimum absolute atomic E-state index is 0.0532. The van der Waals surface area contributed by atoms with Crippen LogP contribution in [0.4, 0.5) is 0 Å². The lowest BCUT2D eigenvalue weighted by Gasteiger charge is -2.48. The van der Waals surface area contributed by atoms with Gasteiger partial charge in [-0.25, -0.2) is 4.79 Å². The van der Waals surface area contributed by atoms with E-state index in [0.717, 1.165) is 13.0 Å². The van der Waals surface area contributed by atoms with Crippen LogP contribution in [0.1, 0.15) is 52.6 Å². The molecule has 0 bridgehead atoms. The standard InChI is InChI=1S/C20H29N3O2/c1-14(16-9-7-6-8-10-16)23-12-11-17-13-21-22-20(17,15(23)2)18(24)25-19(3,4)5/h6-10,14-15,17H,11-13H2,1-5H3/t14-,15-,17+,20+/m1/s1. The van der Waals surface area contributed by atoms with E-state index in [1.54, 1.807) is 0 Å². The van der Waals surface area contributed by atoms with E-state index in [0.29, 0.717) is 6.54 Å². The average Bonchev–Trinajstić information content (AvgIpc) is 3.00. The smallest absolute Gasteiger partial charge is 0.338 e. The Balaban J connectivity index is 1.91. The number of hydrogen-bond donors (Lipinski definition) is 0. The number of fused-ring (bicyclic) bond motifs is 1. The van der Waals surface area contributed by atoms with Gasteiger partial charge in [0.1, 0.15) is 5.60 Å².